The van der Waals surface area contributed by atoms with Crippen molar-refractivity contribution in [1.29, 1.82) is 0 Å². The van der Waals surface area contributed by atoms with Crippen LogP contribution >= 0.6 is 11.6 Å². The molecule has 0 aliphatic carbocycles. The van der Waals surface area contributed by atoms with Gasteiger partial charge in [-0.25, -0.2) is 12.8 Å². The Hall–Kier alpha value is -2.64. The Morgan fingerprint density at radius 2 is 1.71 bits per heavy atom. The summed E-state index contributed by atoms with van der Waals surface area (Å²) in [5, 5.41) is 3.21. The fourth-order valence-electron chi connectivity index (χ4n) is 2.58. The van der Waals surface area contributed by atoms with Crippen LogP contribution in [0.5, 0.6) is 0 Å². The zero-order valence-electron chi connectivity index (χ0n) is 14.7. The summed E-state index contributed by atoms with van der Waals surface area (Å²) < 4.78 is 42.9. The number of halogens is 2. The highest BCUT2D eigenvalue weighted by molar-refractivity contribution is 7.89. The number of carbonyl (C=O) groups excluding carboxylic acids is 1. The molecule has 0 saturated carbocycles. The molecule has 1 N–H and O–H groups in total. The van der Waals surface area contributed by atoms with Crippen LogP contribution in [0.2, 0.25) is 5.02 Å². The highest BCUT2D eigenvalue weighted by atomic mass is 35.5. The third-order valence-electron chi connectivity index (χ3n) is 3.94. The largest absolute Gasteiger partial charge is 0.455 e. The van der Waals surface area contributed by atoms with Gasteiger partial charge in [-0.1, -0.05) is 41.9 Å². The maximum atomic E-state index is 12.9. The zero-order chi connectivity index (χ0) is 20.1. The summed E-state index contributed by atoms with van der Waals surface area (Å²) in [7, 11) is -3.54. The molecule has 2 aromatic carbocycles. The smallest absolute Gasteiger partial charge is 0.287 e. The van der Waals surface area contributed by atoms with E-state index in [1.807, 2.05) is 6.07 Å². The number of furan rings is 1. The van der Waals surface area contributed by atoms with Crippen LogP contribution in [-0.4, -0.2) is 14.3 Å². The average Bonchev–Trinajstić information content (AvgIpc) is 3.10. The van der Waals surface area contributed by atoms with Gasteiger partial charge in [-0.05, 0) is 41.5 Å². The van der Waals surface area contributed by atoms with E-state index in [-0.39, 0.29) is 29.6 Å². The second-order valence-electron chi connectivity index (χ2n) is 6.20. The van der Waals surface area contributed by atoms with Crippen LogP contribution in [0.3, 0.4) is 0 Å². The minimum absolute atomic E-state index is 0.0130. The highest BCUT2D eigenvalue weighted by Crippen LogP contribution is 2.17. The summed E-state index contributed by atoms with van der Waals surface area (Å²) >= 11 is 6.04. The van der Waals surface area contributed by atoms with Gasteiger partial charge in [0.05, 0.1) is 5.75 Å². The maximum Gasteiger partial charge on any atom is 0.287 e. The van der Waals surface area contributed by atoms with Gasteiger partial charge < -0.3 is 9.73 Å². The Morgan fingerprint density at radius 3 is 2.43 bits per heavy atom. The number of benzene rings is 2. The molecule has 0 saturated heterocycles. The topological polar surface area (TPSA) is 76.4 Å². The standard InChI is InChI=1S/C20H17ClFNO4S/c21-18-4-2-1-3-15(18)11-23-20(24)19-10-9-17(27-19)13-28(25,26)12-14-5-7-16(22)8-6-14/h1-10H,11-13H2,(H,23,24). The number of hydrogen-bond donors (Lipinski definition) is 1. The summed E-state index contributed by atoms with van der Waals surface area (Å²) in [6.45, 7) is 0.220. The van der Waals surface area contributed by atoms with E-state index >= 15 is 0 Å². The van der Waals surface area contributed by atoms with Gasteiger partial charge in [0, 0.05) is 11.6 Å². The molecule has 0 bridgehead atoms. The molecule has 3 rings (SSSR count). The molecule has 0 aliphatic rings. The van der Waals surface area contributed by atoms with Crippen molar-refractivity contribution in [3.8, 4) is 0 Å². The average molecular weight is 422 g/mol. The minimum Gasteiger partial charge on any atom is -0.455 e. The molecule has 0 atom stereocenters. The molecule has 1 heterocycles. The second kappa shape index (κ2) is 8.58. The van der Waals surface area contributed by atoms with Crippen LogP contribution in [-0.2, 0) is 27.9 Å². The van der Waals surface area contributed by atoms with E-state index in [1.165, 1.54) is 36.4 Å². The summed E-state index contributed by atoms with van der Waals surface area (Å²) in [5.41, 5.74) is 1.23. The van der Waals surface area contributed by atoms with Gasteiger partial charge in [-0.3, -0.25) is 4.79 Å². The predicted molar refractivity (Wildman–Crippen MR) is 104 cm³/mol. The van der Waals surface area contributed by atoms with Crippen molar-refractivity contribution in [2.45, 2.75) is 18.1 Å². The third kappa shape index (κ3) is 5.43. The van der Waals surface area contributed by atoms with Crippen LogP contribution in [0.1, 0.15) is 27.4 Å². The number of rotatable bonds is 7. The molecule has 0 unspecified atom stereocenters. The van der Waals surface area contributed by atoms with Crippen molar-refractivity contribution in [3.63, 3.8) is 0 Å². The molecule has 0 spiro atoms. The van der Waals surface area contributed by atoms with Gasteiger partial charge in [-0.15, -0.1) is 0 Å². The van der Waals surface area contributed by atoms with E-state index in [0.717, 1.165) is 5.56 Å². The molecule has 28 heavy (non-hydrogen) atoms. The lowest BCUT2D eigenvalue weighted by Gasteiger charge is -2.05. The Morgan fingerprint density at radius 1 is 1.00 bits per heavy atom. The van der Waals surface area contributed by atoms with Crippen molar-refractivity contribution < 1.29 is 22.0 Å². The molecular formula is C20H17ClFNO4S. The molecule has 0 fully saturated rings. The molecule has 146 valence electrons. The van der Waals surface area contributed by atoms with Crippen molar-refractivity contribution in [2.75, 3.05) is 0 Å². The lowest BCUT2D eigenvalue weighted by atomic mass is 10.2. The molecule has 0 aliphatic heterocycles. The Balaban J connectivity index is 1.60. The third-order valence-corrected chi connectivity index (χ3v) is 5.81. The van der Waals surface area contributed by atoms with E-state index in [0.29, 0.717) is 10.6 Å². The van der Waals surface area contributed by atoms with Crippen LogP contribution in [0.4, 0.5) is 4.39 Å². The quantitative estimate of drug-likeness (QED) is 0.622. The molecular weight excluding hydrogens is 405 g/mol. The zero-order valence-corrected chi connectivity index (χ0v) is 16.3. The number of amides is 1. The van der Waals surface area contributed by atoms with E-state index in [9.17, 15) is 17.6 Å². The molecule has 1 amide bonds. The lowest BCUT2D eigenvalue weighted by Crippen LogP contribution is -2.22. The maximum absolute atomic E-state index is 12.9. The van der Waals surface area contributed by atoms with Crippen LogP contribution in [0.15, 0.2) is 65.1 Å². The van der Waals surface area contributed by atoms with Crippen LogP contribution in [0.25, 0.3) is 0 Å². The summed E-state index contributed by atoms with van der Waals surface area (Å²) in [4.78, 5) is 12.2. The molecule has 5 nitrogen and oxygen atoms in total. The van der Waals surface area contributed by atoms with E-state index < -0.39 is 21.6 Å². The number of sulfone groups is 1. The summed E-state index contributed by atoms with van der Waals surface area (Å²) in [6.07, 6.45) is 0. The molecule has 3 aromatic rings. The fraction of sp³-hybridized carbons (Fsp3) is 0.150. The van der Waals surface area contributed by atoms with E-state index in [4.69, 9.17) is 16.0 Å². The SMILES string of the molecule is O=C(NCc1ccccc1Cl)c1ccc(CS(=O)(=O)Cc2ccc(F)cc2)o1. The van der Waals surface area contributed by atoms with Crippen molar-refractivity contribution >= 4 is 27.3 Å². The monoisotopic (exact) mass is 421 g/mol. The minimum atomic E-state index is -3.54. The van der Waals surface area contributed by atoms with Crippen molar-refractivity contribution in [1.82, 2.24) is 5.32 Å². The first-order valence-electron chi connectivity index (χ1n) is 8.37. The molecule has 0 radical (unpaired) electrons. The van der Waals surface area contributed by atoms with E-state index in [1.54, 1.807) is 18.2 Å². The van der Waals surface area contributed by atoms with Crippen LogP contribution < -0.4 is 5.32 Å². The number of carbonyl (C=O) groups is 1. The van der Waals surface area contributed by atoms with Crippen LogP contribution in [0, 0.1) is 5.82 Å². The second-order valence-corrected chi connectivity index (χ2v) is 8.67. The Bertz CT molecular complexity index is 1080. The first kappa shape index (κ1) is 20.1. The number of nitrogens with one attached hydrogen (secondary N) is 1. The molecule has 8 heteroatoms. The van der Waals surface area contributed by atoms with Gasteiger partial charge in [0.2, 0.25) is 0 Å². The van der Waals surface area contributed by atoms with Gasteiger partial charge in [0.25, 0.3) is 5.91 Å². The van der Waals surface area contributed by atoms with Crippen molar-refractivity contribution in [3.05, 3.63) is 94.2 Å². The Kier molecular flexibility index (Phi) is 6.16. The van der Waals surface area contributed by atoms with Crippen molar-refractivity contribution in [2.24, 2.45) is 0 Å². The van der Waals surface area contributed by atoms with Gasteiger partial charge in [0.1, 0.15) is 17.3 Å². The predicted octanol–water partition coefficient (Wildman–Crippen LogP) is 4.12. The van der Waals surface area contributed by atoms with E-state index in [2.05, 4.69) is 5.32 Å². The van der Waals surface area contributed by atoms with Gasteiger partial charge >= 0.3 is 0 Å². The first-order valence-corrected chi connectivity index (χ1v) is 10.6. The normalized spacial score (nSPS) is 11.4. The summed E-state index contributed by atoms with van der Waals surface area (Å²) in [5.74, 6) is -1.34. The highest BCUT2D eigenvalue weighted by Gasteiger charge is 2.18. The number of hydrogen-bond acceptors (Lipinski definition) is 4. The van der Waals surface area contributed by atoms with Gasteiger partial charge in [-0.2, -0.15) is 0 Å². The fourth-order valence-corrected chi connectivity index (χ4v) is 4.18. The Labute approximate surface area is 167 Å². The lowest BCUT2D eigenvalue weighted by molar-refractivity contribution is 0.0921. The summed E-state index contributed by atoms with van der Waals surface area (Å²) in [6, 6.07) is 15.2. The molecule has 1 aromatic heterocycles. The van der Waals surface area contributed by atoms with Gasteiger partial charge in [0.15, 0.2) is 15.6 Å². The first-order chi connectivity index (χ1) is 13.3.